The lowest BCUT2D eigenvalue weighted by Crippen LogP contribution is -2.50. The van der Waals surface area contributed by atoms with Crippen LogP contribution in [0.3, 0.4) is 0 Å². The van der Waals surface area contributed by atoms with Crippen molar-refractivity contribution in [2.45, 2.75) is 26.0 Å². The minimum atomic E-state index is -0.866. The zero-order valence-electron chi connectivity index (χ0n) is 11.7. The molecule has 0 bridgehead atoms. The largest absolute Gasteiger partial charge is 0.392 e. The number of amides is 1. The molecule has 1 heterocycles. The number of ether oxygens (including phenoxy) is 1. The molecule has 1 aliphatic rings. The van der Waals surface area contributed by atoms with Gasteiger partial charge in [0.25, 0.3) is 11.6 Å². The maximum atomic E-state index is 13.9. The number of nitrogens with zero attached hydrogens (tertiary/aromatic N) is 2. The molecule has 2 rings (SSSR count). The van der Waals surface area contributed by atoms with E-state index < -0.39 is 33.6 Å². The molecule has 2 atom stereocenters. The fourth-order valence-corrected chi connectivity index (χ4v) is 2.29. The van der Waals surface area contributed by atoms with E-state index in [0.717, 1.165) is 12.1 Å². The molecular weight excluding hydrogens is 281 g/mol. The second-order valence-electron chi connectivity index (χ2n) is 5.06. The van der Waals surface area contributed by atoms with Crippen molar-refractivity contribution in [2.24, 2.45) is 0 Å². The summed E-state index contributed by atoms with van der Waals surface area (Å²) in [5, 5.41) is 10.9. The molecule has 1 aliphatic heterocycles. The molecule has 1 saturated heterocycles. The van der Waals surface area contributed by atoms with E-state index in [9.17, 15) is 19.3 Å². The summed E-state index contributed by atoms with van der Waals surface area (Å²) in [5.74, 6) is -1.52. The van der Waals surface area contributed by atoms with Crippen LogP contribution in [0, 0.1) is 15.9 Å². The van der Waals surface area contributed by atoms with Crippen molar-refractivity contribution in [2.75, 3.05) is 18.9 Å². The van der Waals surface area contributed by atoms with Crippen LogP contribution in [0.1, 0.15) is 24.2 Å². The number of carbonyl (C=O) groups excluding carboxylic acids is 1. The summed E-state index contributed by atoms with van der Waals surface area (Å²) in [4.78, 5) is 24.0. The van der Waals surface area contributed by atoms with Crippen molar-refractivity contribution in [3.8, 4) is 0 Å². The zero-order chi connectivity index (χ0) is 15.7. The SMILES string of the molecule is CC1CN(C(=O)c2c(F)ccc([N+](=O)[O-])c2N)C(C)CO1. The molecule has 0 saturated carbocycles. The molecule has 2 N–H and O–H groups in total. The van der Waals surface area contributed by atoms with E-state index in [4.69, 9.17) is 10.5 Å². The molecule has 0 spiro atoms. The highest BCUT2D eigenvalue weighted by molar-refractivity contribution is 6.01. The van der Waals surface area contributed by atoms with Gasteiger partial charge in [0.2, 0.25) is 0 Å². The summed E-state index contributed by atoms with van der Waals surface area (Å²) in [6.07, 6.45) is -0.187. The third kappa shape index (κ3) is 2.80. The predicted molar refractivity (Wildman–Crippen MR) is 73.4 cm³/mol. The number of anilines is 1. The second kappa shape index (κ2) is 5.65. The molecule has 0 aliphatic carbocycles. The number of morpholine rings is 1. The highest BCUT2D eigenvalue weighted by Crippen LogP contribution is 2.29. The van der Waals surface area contributed by atoms with Crippen LogP contribution in [-0.2, 0) is 4.74 Å². The molecule has 1 amide bonds. The first-order valence-corrected chi connectivity index (χ1v) is 6.47. The molecule has 114 valence electrons. The van der Waals surface area contributed by atoms with Gasteiger partial charge in [-0.15, -0.1) is 0 Å². The van der Waals surface area contributed by atoms with Gasteiger partial charge in [0.1, 0.15) is 17.1 Å². The first-order valence-electron chi connectivity index (χ1n) is 6.47. The van der Waals surface area contributed by atoms with Crippen LogP contribution in [-0.4, -0.2) is 41.0 Å². The van der Waals surface area contributed by atoms with Crippen LogP contribution >= 0.6 is 0 Å². The van der Waals surface area contributed by atoms with Crippen molar-refractivity contribution in [3.63, 3.8) is 0 Å². The highest BCUT2D eigenvalue weighted by Gasteiger charge is 2.32. The Bertz CT molecular complexity index is 593. The van der Waals surface area contributed by atoms with Gasteiger partial charge in [0, 0.05) is 12.6 Å². The predicted octanol–water partition coefficient (Wildman–Crippen LogP) is 1.57. The Kier molecular flexibility index (Phi) is 4.08. The molecule has 0 radical (unpaired) electrons. The first kappa shape index (κ1) is 15.2. The lowest BCUT2D eigenvalue weighted by atomic mass is 10.1. The number of benzene rings is 1. The normalized spacial score (nSPS) is 22.1. The number of nitro benzene ring substituents is 1. The molecule has 0 aromatic heterocycles. The fourth-order valence-electron chi connectivity index (χ4n) is 2.29. The Balaban J connectivity index is 2.43. The molecular formula is C13H16FN3O4. The van der Waals surface area contributed by atoms with Gasteiger partial charge < -0.3 is 15.4 Å². The van der Waals surface area contributed by atoms with Crippen LogP contribution < -0.4 is 5.73 Å². The number of nitro groups is 1. The third-order valence-electron chi connectivity index (χ3n) is 3.45. The Hall–Kier alpha value is -2.22. The monoisotopic (exact) mass is 297 g/mol. The van der Waals surface area contributed by atoms with Crippen molar-refractivity contribution >= 4 is 17.3 Å². The molecule has 7 nitrogen and oxygen atoms in total. The Morgan fingerprint density at radius 1 is 1.52 bits per heavy atom. The average Bonchev–Trinajstić information content (AvgIpc) is 2.41. The van der Waals surface area contributed by atoms with E-state index in [0.29, 0.717) is 6.61 Å². The second-order valence-corrected chi connectivity index (χ2v) is 5.06. The molecule has 21 heavy (non-hydrogen) atoms. The maximum Gasteiger partial charge on any atom is 0.293 e. The number of halogens is 1. The van der Waals surface area contributed by atoms with Gasteiger partial charge in [0.15, 0.2) is 0 Å². The average molecular weight is 297 g/mol. The summed E-state index contributed by atoms with van der Waals surface area (Å²) in [6, 6.07) is 1.58. The van der Waals surface area contributed by atoms with Gasteiger partial charge in [-0.1, -0.05) is 0 Å². The number of hydrogen-bond acceptors (Lipinski definition) is 5. The van der Waals surface area contributed by atoms with Crippen molar-refractivity contribution in [1.82, 2.24) is 4.90 Å². The lowest BCUT2D eigenvalue weighted by molar-refractivity contribution is -0.384. The van der Waals surface area contributed by atoms with Crippen LogP contribution in [0.25, 0.3) is 0 Å². The standard InChI is InChI=1S/C13H16FN3O4/c1-7-6-21-8(2)5-16(7)13(18)11-9(14)3-4-10(12(11)15)17(19)20/h3-4,7-8H,5-6,15H2,1-2H3. The number of carbonyl (C=O) groups is 1. The lowest BCUT2D eigenvalue weighted by Gasteiger charge is -2.37. The Morgan fingerprint density at radius 3 is 2.81 bits per heavy atom. The minimum Gasteiger partial charge on any atom is -0.392 e. The summed E-state index contributed by atoms with van der Waals surface area (Å²) < 4.78 is 19.3. The number of hydrogen-bond donors (Lipinski definition) is 1. The van der Waals surface area contributed by atoms with Crippen molar-refractivity contribution in [3.05, 3.63) is 33.6 Å². The van der Waals surface area contributed by atoms with Crippen LogP contribution in [0.15, 0.2) is 12.1 Å². The van der Waals surface area contributed by atoms with Gasteiger partial charge in [-0.05, 0) is 19.9 Å². The topological polar surface area (TPSA) is 98.7 Å². The van der Waals surface area contributed by atoms with Gasteiger partial charge in [-0.25, -0.2) is 4.39 Å². The molecule has 8 heteroatoms. The van der Waals surface area contributed by atoms with E-state index in [1.54, 1.807) is 13.8 Å². The van der Waals surface area contributed by atoms with Gasteiger partial charge in [0.05, 0.1) is 23.7 Å². The zero-order valence-corrected chi connectivity index (χ0v) is 11.7. The van der Waals surface area contributed by atoms with E-state index in [2.05, 4.69) is 0 Å². The van der Waals surface area contributed by atoms with E-state index in [1.807, 2.05) is 0 Å². The van der Waals surface area contributed by atoms with Gasteiger partial charge in [-0.3, -0.25) is 14.9 Å². The Morgan fingerprint density at radius 2 is 2.19 bits per heavy atom. The summed E-state index contributed by atoms with van der Waals surface area (Å²) >= 11 is 0. The number of nitrogens with two attached hydrogens (primary N) is 1. The van der Waals surface area contributed by atoms with Crippen LogP contribution in [0.5, 0.6) is 0 Å². The Labute approximate surface area is 120 Å². The third-order valence-corrected chi connectivity index (χ3v) is 3.45. The summed E-state index contributed by atoms with van der Waals surface area (Å²) in [7, 11) is 0. The number of nitrogen functional groups attached to an aromatic ring is 1. The van der Waals surface area contributed by atoms with Crippen LogP contribution in [0.4, 0.5) is 15.8 Å². The maximum absolute atomic E-state index is 13.9. The number of rotatable bonds is 2. The van der Waals surface area contributed by atoms with E-state index >= 15 is 0 Å². The van der Waals surface area contributed by atoms with E-state index in [1.165, 1.54) is 4.90 Å². The van der Waals surface area contributed by atoms with Gasteiger partial charge in [-0.2, -0.15) is 0 Å². The highest BCUT2D eigenvalue weighted by atomic mass is 19.1. The summed E-state index contributed by atoms with van der Waals surface area (Å²) in [6.45, 7) is 4.15. The van der Waals surface area contributed by atoms with Crippen molar-refractivity contribution in [1.29, 1.82) is 0 Å². The molecule has 1 aromatic carbocycles. The first-order chi connectivity index (χ1) is 9.82. The molecule has 1 aromatic rings. The van der Waals surface area contributed by atoms with Gasteiger partial charge >= 0.3 is 0 Å². The van der Waals surface area contributed by atoms with E-state index in [-0.39, 0.29) is 18.7 Å². The summed E-state index contributed by atoms with van der Waals surface area (Å²) in [5.41, 5.74) is 4.23. The fraction of sp³-hybridized carbons (Fsp3) is 0.462. The van der Waals surface area contributed by atoms with Crippen molar-refractivity contribution < 1.29 is 18.8 Å². The molecule has 2 unspecified atom stereocenters. The quantitative estimate of drug-likeness (QED) is 0.507. The minimum absolute atomic E-state index is 0.187. The smallest absolute Gasteiger partial charge is 0.293 e. The van der Waals surface area contributed by atoms with Crippen LogP contribution in [0.2, 0.25) is 0 Å². The molecule has 1 fully saturated rings.